The number of carbonyl (C=O) groups excluding carboxylic acids is 1. The van der Waals surface area contributed by atoms with Crippen molar-refractivity contribution in [3.63, 3.8) is 0 Å². The van der Waals surface area contributed by atoms with Crippen molar-refractivity contribution in [2.45, 2.75) is 57.7 Å². The predicted octanol–water partition coefficient (Wildman–Crippen LogP) is 1.16. The third kappa shape index (κ3) is 6.78. The number of carbonyl (C=O) groups is 1. The van der Waals surface area contributed by atoms with Gasteiger partial charge in [0.25, 0.3) is 5.91 Å². The van der Waals surface area contributed by atoms with Crippen molar-refractivity contribution < 1.29 is 4.79 Å². The Bertz CT molecular complexity index is 1170. The second-order valence-electron chi connectivity index (χ2n) is 11.7. The lowest BCUT2D eigenvalue weighted by atomic mass is 9.98. The number of aromatic nitrogens is 2. The highest BCUT2D eigenvalue weighted by Crippen LogP contribution is 2.30. The molecule has 5 rings (SSSR count). The van der Waals surface area contributed by atoms with E-state index in [2.05, 4.69) is 56.2 Å². The van der Waals surface area contributed by atoms with Crippen LogP contribution in [0.15, 0.2) is 30.5 Å². The zero-order chi connectivity index (χ0) is 27.4. The largest absolute Gasteiger partial charge is 0.304 e. The van der Waals surface area contributed by atoms with E-state index in [-0.39, 0.29) is 17.8 Å². The second kappa shape index (κ2) is 12.5. The van der Waals surface area contributed by atoms with Crippen molar-refractivity contribution in [2.75, 3.05) is 51.3 Å². The molecule has 3 heterocycles. The standard InChI is InChI=1S/C29H41BN8O/c1-21-3-8-25(17-21)38(28-26(30)19-32-27(18-31)33-28)34-29(39)23-6-4-22(5-7-23)20-36-11-9-24(10-12-36)37-15-13-35(2)14-16-37/h4-7,19,21,24-25H,3,8-17,20,30H2,1-2H3,(H,34,39). The van der Waals surface area contributed by atoms with Crippen LogP contribution in [0.3, 0.4) is 0 Å². The highest BCUT2D eigenvalue weighted by atomic mass is 16.2. The quantitative estimate of drug-likeness (QED) is 0.423. The first kappa shape index (κ1) is 27.6. The molecule has 39 heavy (non-hydrogen) atoms. The van der Waals surface area contributed by atoms with Crippen molar-refractivity contribution >= 4 is 25.0 Å². The molecular formula is C29H41BN8O. The highest BCUT2D eigenvalue weighted by molar-refractivity contribution is 6.35. The summed E-state index contributed by atoms with van der Waals surface area (Å²) in [6.45, 7) is 10.1. The molecule has 3 fully saturated rings. The summed E-state index contributed by atoms with van der Waals surface area (Å²) in [5, 5.41) is 11.2. The van der Waals surface area contributed by atoms with E-state index >= 15 is 0 Å². The van der Waals surface area contributed by atoms with Gasteiger partial charge in [-0.1, -0.05) is 19.1 Å². The van der Waals surface area contributed by atoms with Gasteiger partial charge in [-0.2, -0.15) is 5.26 Å². The van der Waals surface area contributed by atoms with Crippen LogP contribution in [0.4, 0.5) is 5.82 Å². The Morgan fingerprint density at radius 2 is 1.82 bits per heavy atom. The molecule has 2 unspecified atom stereocenters. The molecule has 3 aliphatic rings. The number of piperidine rings is 1. The Balaban J connectivity index is 1.19. The number of rotatable bonds is 7. The summed E-state index contributed by atoms with van der Waals surface area (Å²) >= 11 is 0. The van der Waals surface area contributed by atoms with Gasteiger partial charge >= 0.3 is 0 Å². The van der Waals surface area contributed by atoms with Gasteiger partial charge < -0.3 is 4.90 Å². The maximum atomic E-state index is 13.4. The third-order valence-corrected chi connectivity index (χ3v) is 8.76. The topological polar surface area (TPSA) is 91.6 Å². The second-order valence-corrected chi connectivity index (χ2v) is 11.7. The van der Waals surface area contributed by atoms with E-state index in [9.17, 15) is 10.1 Å². The first-order valence-corrected chi connectivity index (χ1v) is 14.5. The summed E-state index contributed by atoms with van der Waals surface area (Å²) in [7, 11) is 4.13. The fourth-order valence-electron chi connectivity index (χ4n) is 6.28. The van der Waals surface area contributed by atoms with Crippen LogP contribution in [-0.4, -0.2) is 96.8 Å². The number of amides is 1. The Morgan fingerprint density at radius 3 is 2.46 bits per heavy atom. The van der Waals surface area contributed by atoms with Crippen LogP contribution in [0.1, 0.15) is 60.8 Å². The summed E-state index contributed by atoms with van der Waals surface area (Å²) in [4.78, 5) is 29.5. The van der Waals surface area contributed by atoms with E-state index in [1.165, 1.54) is 44.6 Å². The molecule has 2 aromatic rings. The smallest absolute Gasteiger partial charge is 0.269 e. The lowest BCUT2D eigenvalue weighted by molar-refractivity contribution is 0.0658. The molecule has 1 amide bonds. The van der Waals surface area contributed by atoms with Crippen LogP contribution in [0.5, 0.6) is 0 Å². The van der Waals surface area contributed by atoms with Crippen LogP contribution in [0, 0.1) is 17.2 Å². The van der Waals surface area contributed by atoms with Gasteiger partial charge in [-0.25, -0.2) is 9.97 Å². The van der Waals surface area contributed by atoms with Gasteiger partial charge in [-0.05, 0) is 81.3 Å². The van der Waals surface area contributed by atoms with Gasteiger partial charge in [0, 0.05) is 50.5 Å². The minimum absolute atomic E-state index is 0.109. The number of nitrogens with zero attached hydrogens (tertiary/aromatic N) is 7. The number of anilines is 1. The van der Waals surface area contributed by atoms with Gasteiger partial charge in [0.1, 0.15) is 19.7 Å². The minimum atomic E-state index is -0.161. The molecular weight excluding hydrogens is 487 g/mol. The zero-order valence-electron chi connectivity index (χ0n) is 23.6. The molecule has 1 aromatic heterocycles. The number of nitrogens with one attached hydrogen (secondary N) is 1. The van der Waals surface area contributed by atoms with Crippen LogP contribution >= 0.6 is 0 Å². The maximum absolute atomic E-state index is 13.4. The zero-order valence-corrected chi connectivity index (χ0v) is 23.6. The average molecular weight is 529 g/mol. The predicted molar refractivity (Wildman–Crippen MR) is 155 cm³/mol. The van der Waals surface area contributed by atoms with Crippen LogP contribution in [0.2, 0.25) is 0 Å². The SMILES string of the molecule is Bc1cnc(C#N)nc1N(NC(=O)c1ccc(CN2CCC(N3CCN(C)CC3)CC2)cc1)C1CCC(C)C1. The molecule has 9 nitrogen and oxygen atoms in total. The average Bonchev–Trinajstić information content (AvgIpc) is 3.39. The third-order valence-electron chi connectivity index (χ3n) is 8.76. The van der Waals surface area contributed by atoms with Gasteiger partial charge in [0.15, 0.2) is 0 Å². The molecule has 1 aliphatic carbocycles. The van der Waals surface area contributed by atoms with E-state index < -0.39 is 0 Å². The minimum Gasteiger partial charge on any atom is -0.304 e. The van der Waals surface area contributed by atoms with E-state index in [1.54, 1.807) is 6.20 Å². The van der Waals surface area contributed by atoms with E-state index in [4.69, 9.17) is 0 Å². The van der Waals surface area contributed by atoms with Crippen molar-refractivity contribution in [3.05, 3.63) is 47.4 Å². The Kier molecular flexibility index (Phi) is 8.80. The Morgan fingerprint density at radius 1 is 1.10 bits per heavy atom. The van der Waals surface area contributed by atoms with Crippen molar-refractivity contribution in [3.8, 4) is 6.07 Å². The molecule has 0 bridgehead atoms. The van der Waals surface area contributed by atoms with Gasteiger partial charge in [-0.15, -0.1) is 0 Å². The number of benzene rings is 1. The normalized spacial score (nSPS) is 23.4. The molecule has 1 aromatic carbocycles. The molecule has 1 saturated carbocycles. The number of likely N-dealkylation sites (N-methyl/N-ethyl adjacent to an activating group) is 1. The van der Waals surface area contributed by atoms with E-state index in [0.29, 0.717) is 17.3 Å². The number of piperazine rings is 1. The van der Waals surface area contributed by atoms with Crippen molar-refractivity contribution in [1.29, 1.82) is 5.26 Å². The van der Waals surface area contributed by atoms with E-state index in [1.807, 2.05) is 31.1 Å². The fraction of sp³-hybridized carbons (Fsp3) is 0.586. The summed E-state index contributed by atoms with van der Waals surface area (Å²) in [5.41, 5.74) is 5.81. The Labute approximate surface area is 233 Å². The van der Waals surface area contributed by atoms with Gasteiger partial charge in [0.2, 0.25) is 5.82 Å². The Hall–Kier alpha value is -3.00. The van der Waals surface area contributed by atoms with E-state index in [0.717, 1.165) is 50.4 Å². The first-order valence-electron chi connectivity index (χ1n) is 14.5. The molecule has 10 heteroatoms. The van der Waals surface area contributed by atoms with Gasteiger partial charge in [-0.3, -0.25) is 25.0 Å². The van der Waals surface area contributed by atoms with Crippen molar-refractivity contribution in [2.24, 2.45) is 5.92 Å². The fourth-order valence-corrected chi connectivity index (χ4v) is 6.28. The van der Waals surface area contributed by atoms with Crippen LogP contribution in [0.25, 0.3) is 0 Å². The highest BCUT2D eigenvalue weighted by Gasteiger charge is 2.31. The maximum Gasteiger partial charge on any atom is 0.269 e. The molecule has 0 radical (unpaired) electrons. The monoisotopic (exact) mass is 528 g/mol. The summed E-state index contributed by atoms with van der Waals surface area (Å²) in [6, 6.07) is 10.9. The lowest BCUT2D eigenvalue weighted by Gasteiger charge is -2.42. The molecule has 2 atom stereocenters. The molecule has 2 saturated heterocycles. The number of hydrogen-bond donors (Lipinski definition) is 1. The number of hydrazine groups is 1. The first-order chi connectivity index (χ1) is 18.9. The molecule has 1 N–H and O–H groups in total. The number of likely N-dealkylation sites (tertiary alicyclic amines) is 1. The van der Waals surface area contributed by atoms with Crippen LogP contribution < -0.4 is 15.9 Å². The molecule has 206 valence electrons. The number of nitriles is 1. The van der Waals surface area contributed by atoms with Crippen molar-refractivity contribution in [1.82, 2.24) is 30.1 Å². The summed E-state index contributed by atoms with van der Waals surface area (Å²) in [6.07, 6.45) is 7.16. The number of hydrogen-bond acceptors (Lipinski definition) is 8. The molecule has 2 aliphatic heterocycles. The summed E-state index contributed by atoms with van der Waals surface area (Å²) in [5.74, 6) is 1.13. The summed E-state index contributed by atoms with van der Waals surface area (Å²) < 4.78 is 0. The molecule has 0 spiro atoms. The lowest BCUT2D eigenvalue weighted by Crippen LogP contribution is -2.52. The van der Waals surface area contributed by atoms with Crippen LogP contribution in [-0.2, 0) is 6.54 Å². The van der Waals surface area contributed by atoms with Gasteiger partial charge in [0.05, 0.1) is 6.04 Å².